The Hall–Kier alpha value is -1.51. The first-order chi connectivity index (χ1) is 8.58. The fourth-order valence-electron chi connectivity index (χ4n) is 1.73. The molecule has 0 saturated heterocycles. The van der Waals surface area contributed by atoms with Crippen LogP contribution < -0.4 is 5.32 Å². The van der Waals surface area contributed by atoms with Crippen LogP contribution in [0.2, 0.25) is 0 Å². The summed E-state index contributed by atoms with van der Waals surface area (Å²) in [6.45, 7) is 8.43. The average molecular weight is 249 g/mol. The molecule has 2 unspecified atom stereocenters. The Morgan fingerprint density at radius 1 is 1.28 bits per heavy atom. The highest BCUT2D eigenvalue weighted by Gasteiger charge is 2.24. The predicted octanol–water partition coefficient (Wildman–Crippen LogP) is 3.38. The number of esters is 1. The fraction of sp³-hybridized carbons (Fsp3) is 0.533. The Kier molecular flexibility index (Phi) is 5.69. The van der Waals surface area contributed by atoms with Gasteiger partial charge in [-0.1, -0.05) is 38.0 Å². The van der Waals surface area contributed by atoms with Gasteiger partial charge in [0.05, 0.1) is 6.61 Å². The van der Waals surface area contributed by atoms with E-state index >= 15 is 0 Å². The summed E-state index contributed by atoms with van der Waals surface area (Å²) in [6, 6.07) is 7.76. The summed E-state index contributed by atoms with van der Waals surface area (Å²) in [6.07, 6.45) is 0.933. The molecule has 0 fully saturated rings. The summed E-state index contributed by atoms with van der Waals surface area (Å²) < 4.78 is 5.12. The van der Waals surface area contributed by atoms with Crippen LogP contribution in [0.25, 0.3) is 0 Å². The van der Waals surface area contributed by atoms with Crippen LogP contribution in [-0.2, 0) is 9.53 Å². The van der Waals surface area contributed by atoms with Crippen molar-refractivity contribution in [2.75, 3.05) is 11.9 Å². The van der Waals surface area contributed by atoms with Gasteiger partial charge in [-0.2, -0.15) is 0 Å². The monoisotopic (exact) mass is 249 g/mol. The summed E-state index contributed by atoms with van der Waals surface area (Å²) in [4.78, 5) is 11.9. The van der Waals surface area contributed by atoms with Crippen LogP contribution in [0.4, 0.5) is 5.69 Å². The highest BCUT2D eigenvalue weighted by Crippen LogP contribution is 2.17. The van der Waals surface area contributed by atoms with E-state index in [-0.39, 0.29) is 17.9 Å². The molecule has 0 heterocycles. The Morgan fingerprint density at radius 3 is 2.39 bits per heavy atom. The summed E-state index contributed by atoms with van der Waals surface area (Å²) in [7, 11) is 0. The van der Waals surface area contributed by atoms with E-state index in [1.807, 2.05) is 38.1 Å². The molecule has 1 aromatic rings. The van der Waals surface area contributed by atoms with Crippen molar-refractivity contribution in [2.45, 2.75) is 40.2 Å². The van der Waals surface area contributed by atoms with Gasteiger partial charge in [0.1, 0.15) is 6.04 Å². The molecule has 3 nitrogen and oxygen atoms in total. The zero-order valence-electron chi connectivity index (χ0n) is 11.7. The maximum atomic E-state index is 11.9. The van der Waals surface area contributed by atoms with Gasteiger partial charge in [-0.15, -0.1) is 0 Å². The Morgan fingerprint density at radius 2 is 1.89 bits per heavy atom. The Balaban J connectivity index is 2.77. The van der Waals surface area contributed by atoms with E-state index in [9.17, 15) is 4.79 Å². The molecule has 0 amide bonds. The third-order valence-electron chi connectivity index (χ3n) is 3.13. The molecule has 0 radical (unpaired) electrons. The van der Waals surface area contributed by atoms with Crippen molar-refractivity contribution in [1.82, 2.24) is 0 Å². The zero-order chi connectivity index (χ0) is 13.5. The quantitative estimate of drug-likeness (QED) is 0.785. The number of carbonyl (C=O) groups is 1. The lowest BCUT2D eigenvalue weighted by Gasteiger charge is -2.23. The van der Waals surface area contributed by atoms with Crippen LogP contribution in [0, 0.1) is 12.8 Å². The molecule has 0 spiro atoms. The molecule has 1 aromatic carbocycles. The van der Waals surface area contributed by atoms with Crippen molar-refractivity contribution < 1.29 is 9.53 Å². The molecule has 3 heteroatoms. The van der Waals surface area contributed by atoms with E-state index in [1.54, 1.807) is 0 Å². The van der Waals surface area contributed by atoms with Gasteiger partial charge >= 0.3 is 5.97 Å². The predicted molar refractivity (Wildman–Crippen MR) is 74.7 cm³/mol. The number of carbonyl (C=O) groups excluding carboxylic acids is 1. The van der Waals surface area contributed by atoms with Gasteiger partial charge in [0, 0.05) is 5.69 Å². The molecule has 0 aromatic heterocycles. The second-order valence-electron chi connectivity index (χ2n) is 4.63. The summed E-state index contributed by atoms with van der Waals surface area (Å²) in [5.74, 6) is 0.0674. The van der Waals surface area contributed by atoms with Crippen LogP contribution in [0.15, 0.2) is 24.3 Å². The van der Waals surface area contributed by atoms with Crippen molar-refractivity contribution in [1.29, 1.82) is 0 Å². The Bertz CT molecular complexity index is 373. The molecule has 0 bridgehead atoms. The SMILES string of the molecule is CCOC(=O)C(Nc1ccc(C)cc1)C(C)CC. The second kappa shape index (κ2) is 7.04. The largest absolute Gasteiger partial charge is 0.464 e. The molecule has 100 valence electrons. The standard InChI is InChI=1S/C15H23NO2/c1-5-12(4)14(15(17)18-6-2)16-13-9-7-11(3)8-10-13/h7-10,12,14,16H,5-6H2,1-4H3. The van der Waals surface area contributed by atoms with E-state index in [1.165, 1.54) is 5.56 Å². The molecule has 0 aliphatic carbocycles. The van der Waals surface area contributed by atoms with Crippen LogP contribution >= 0.6 is 0 Å². The minimum absolute atomic E-state index is 0.174. The average Bonchev–Trinajstić information content (AvgIpc) is 2.37. The van der Waals surface area contributed by atoms with Crippen LogP contribution in [0.5, 0.6) is 0 Å². The van der Waals surface area contributed by atoms with Crippen molar-refractivity contribution in [3.63, 3.8) is 0 Å². The fourth-order valence-corrected chi connectivity index (χ4v) is 1.73. The van der Waals surface area contributed by atoms with Gasteiger partial charge in [-0.05, 0) is 31.9 Å². The van der Waals surface area contributed by atoms with Crippen LogP contribution in [-0.4, -0.2) is 18.6 Å². The highest BCUT2D eigenvalue weighted by atomic mass is 16.5. The lowest BCUT2D eigenvalue weighted by atomic mass is 9.99. The third-order valence-corrected chi connectivity index (χ3v) is 3.13. The first-order valence-electron chi connectivity index (χ1n) is 6.58. The number of aryl methyl sites for hydroxylation is 1. The Labute approximate surface area is 110 Å². The van der Waals surface area contributed by atoms with Gasteiger partial charge in [-0.25, -0.2) is 4.79 Å². The maximum absolute atomic E-state index is 11.9. The van der Waals surface area contributed by atoms with E-state index in [4.69, 9.17) is 4.74 Å². The first-order valence-corrected chi connectivity index (χ1v) is 6.58. The van der Waals surface area contributed by atoms with E-state index in [2.05, 4.69) is 19.2 Å². The molecule has 18 heavy (non-hydrogen) atoms. The number of ether oxygens (including phenoxy) is 1. The lowest BCUT2D eigenvalue weighted by molar-refractivity contribution is -0.145. The summed E-state index contributed by atoms with van der Waals surface area (Å²) >= 11 is 0. The van der Waals surface area contributed by atoms with Crippen molar-refractivity contribution in [2.24, 2.45) is 5.92 Å². The van der Waals surface area contributed by atoms with Gasteiger partial charge in [-0.3, -0.25) is 0 Å². The molecular formula is C15H23NO2. The number of benzene rings is 1. The smallest absolute Gasteiger partial charge is 0.328 e. The summed E-state index contributed by atoms with van der Waals surface area (Å²) in [5.41, 5.74) is 2.16. The molecule has 0 aliphatic heterocycles. The molecule has 0 saturated carbocycles. The van der Waals surface area contributed by atoms with Gasteiger partial charge < -0.3 is 10.1 Å². The number of hydrogen-bond donors (Lipinski definition) is 1. The second-order valence-corrected chi connectivity index (χ2v) is 4.63. The van der Waals surface area contributed by atoms with E-state index in [0.717, 1.165) is 12.1 Å². The van der Waals surface area contributed by atoms with Crippen LogP contribution in [0.3, 0.4) is 0 Å². The molecule has 2 atom stereocenters. The topological polar surface area (TPSA) is 38.3 Å². The van der Waals surface area contributed by atoms with Gasteiger partial charge in [0.25, 0.3) is 0 Å². The summed E-state index contributed by atoms with van der Waals surface area (Å²) in [5, 5.41) is 3.27. The number of hydrogen-bond acceptors (Lipinski definition) is 3. The lowest BCUT2D eigenvalue weighted by Crippen LogP contribution is -2.37. The van der Waals surface area contributed by atoms with Gasteiger partial charge in [0.15, 0.2) is 0 Å². The minimum atomic E-state index is -0.280. The van der Waals surface area contributed by atoms with Crippen molar-refractivity contribution in [3.05, 3.63) is 29.8 Å². The normalized spacial score (nSPS) is 13.8. The number of anilines is 1. The molecule has 1 N–H and O–H groups in total. The van der Waals surface area contributed by atoms with Crippen molar-refractivity contribution >= 4 is 11.7 Å². The maximum Gasteiger partial charge on any atom is 0.328 e. The highest BCUT2D eigenvalue weighted by molar-refractivity contribution is 5.79. The first kappa shape index (κ1) is 14.6. The number of nitrogens with one attached hydrogen (secondary N) is 1. The molecule has 0 aliphatic rings. The van der Waals surface area contributed by atoms with Gasteiger partial charge in [0.2, 0.25) is 0 Å². The van der Waals surface area contributed by atoms with Crippen molar-refractivity contribution in [3.8, 4) is 0 Å². The third kappa shape index (κ3) is 4.06. The molecular weight excluding hydrogens is 226 g/mol. The van der Waals surface area contributed by atoms with E-state index < -0.39 is 0 Å². The van der Waals surface area contributed by atoms with Crippen LogP contribution in [0.1, 0.15) is 32.8 Å². The number of rotatable bonds is 6. The zero-order valence-corrected chi connectivity index (χ0v) is 11.7. The minimum Gasteiger partial charge on any atom is -0.464 e. The molecule has 1 rings (SSSR count). The van der Waals surface area contributed by atoms with E-state index in [0.29, 0.717) is 6.61 Å².